The van der Waals surface area contributed by atoms with Crippen LogP contribution in [-0.4, -0.2) is 39.8 Å². The van der Waals surface area contributed by atoms with Crippen molar-refractivity contribution in [3.8, 4) is 28.4 Å². The predicted octanol–water partition coefficient (Wildman–Crippen LogP) is 4.05. The van der Waals surface area contributed by atoms with Gasteiger partial charge >= 0.3 is 0 Å². The van der Waals surface area contributed by atoms with Gasteiger partial charge in [0.05, 0.1) is 17.2 Å². The molecule has 0 aliphatic heterocycles. The quantitative estimate of drug-likeness (QED) is 0.380. The molecule has 0 aliphatic carbocycles. The maximum absolute atomic E-state index is 12.9. The van der Waals surface area contributed by atoms with Crippen molar-refractivity contribution in [2.24, 2.45) is 0 Å². The smallest absolute Gasteiger partial charge is 0.261 e. The highest BCUT2D eigenvalue weighted by Gasteiger charge is 2.15. The second-order valence-electron chi connectivity index (χ2n) is 7.34. The molecule has 0 atom stereocenters. The standard InChI is InChI=1S/C24H20N6O3S/c1-2-33-20-6-8-21(9-7-20)34(31,32)29-19-5-3-4-18(16-19)22-10-11-23-26-27-24(30(23)28-22)17-12-14-25-15-13-17/h3-16,29H,2H2,1H3. The molecule has 0 spiro atoms. The summed E-state index contributed by atoms with van der Waals surface area (Å²) in [6.07, 6.45) is 3.36. The predicted molar refractivity (Wildman–Crippen MR) is 128 cm³/mol. The van der Waals surface area contributed by atoms with Gasteiger partial charge < -0.3 is 4.74 Å². The summed E-state index contributed by atoms with van der Waals surface area (Å²) in [5.41, 5.74) is 3.24. The van der Waals surface area contributed by atoms with Gasteiger partial charge in [0.25, 0.3) is 10.0 Å². The molecule has 10 heteroatoms. The van der Waals surface area contributed by atoms with E-state index in [1.807, 2.05) is 37.3 Å². The zero-order valence-electron chi connectivity index (χ0n) is 18.2. The molecular formula is C24H20N6O3S. The van der Waals surface area contributed by atoms with Gasteiger partial charge in [-0.2, -0.15) is 9.61 Å². The summed E-state index contributed by atoms with van der Waals surface area (Å²) >= 11 is 0. The second kappa shape index (κ2) is 8.91. The van der Waals surface area contributed by atoms with Gasteiger partial charge in [-0.1, -0.05) is 12.1 Å². The SMILES string of the molecule is CCOc1ccc(S(=O)(=O)Nc2cccc(-c3ccc4nnc(-c5ccncc5)n4n3)c2)cc1. The van der Waals surface area contributed by atoms with Crippen molar-refractivity contribution in [1.29, 1.82) is 0 Å². The van der Waals surface area contributed by atoms with E-state index in [1.165, 1.54) is 12.1 Å². The fourth-order valence-electron chi connectivity index (χ4n) is 3.46. The maximum atomic E-state index is 12.9. The van der Waals surface area contributed by atoms with E-state index in [4.69, 9.17) is 4.74 Å². The van der Waals surface area contributed by atoms with Crippen LogP contribution in [0.25, 0.3) is 28.3 Å². The molecule has 3 heterocycles. The van der Waals surface area contributed by atoms with Gasteiger partial charge in [-0.25, -0.2) is 8.42 Å². The molecule has 0 bridgehead atoms. The minimum absolute atomic E-state index is 0.146. The summed E-state index contributed by atoms with van der Waals surface area (Å²) in [5, 5.41) is 13.1. The lowest BCUT2D eigenvalue weighted by atomic mass is 10.1. The molecule has 0 radical (unpaired) electrons. The van der Waals surface area contributed by atoms with E-state index in [-0.39, 0.29) is 4.90 Å². The highest BCUT2D eigenvalue weighted by atomic mass is 32.2. The Hall–Kier alpha value is -4.31. The van der Waals surface area contributed by atoms with Crippen LogP contribution >= 0.6 is 0 Å². The van der Waals surface area contributed by atoms with Gasteiger partial charge in [0, 0.05) is 29.2 Å². The fourth-order valence-corrected chi connectivity index (χ4v) is 4.51. The topological polar surface area (TPSA) is 111 Å². The van der Waals surface area contributed by atoms with E-state index in [1.54, 1.807) is 47.2 Å². The van der Waals surface area contributed by atoms with Gasteiger partial charge in [0.15, 0.2) is 11.5 Å². The van der Waals surface area contributed by atoms with E-state index in [2.05, 4.69) is 25.0 Å². The van der Waals surface area contributed by atoms with Crippen molar-refractivity contribution in [2.45, 2.75) is 11.8 Å². The average molecular weight is 473 g/mol. The van der Waals surface area contributed by atoms with Gasteiger partial charge in [-0.3, -0.25) is 9.71 Å². The number of sulfonamides is 1. The lowest BCUT2D eigenvalue weighted by Crippen LogP contribution is -2.13. The van der Waals surface area contributed by atoms with Gasteiger partial charge in [0.2, 0.25) is 0 Å². The fraction of sp³-hybridized carbons (Fsp3) is 0.0833. The summed E-state index contributed by atoms with van der Waals surface area (Å²) in [6, 6.07) is 20.6. The molecule has 0 saturated heterocycles. The number of benzene rings is 2. The first-order valence-electron chi connectivity index (χ1n) is 10.5. The van der Waals surface area contributed by atoms with Crippen LogP contribution in [-0.2, 0) is 10.0 Å². The Morgan fingerprint density at radius 1 is 0.912 bits per heavy atom. The molecule has 5 aromatic rings. The zero-order chi connectivity index (χ0) is 23.5. The van der Waals surface area contributed by atoms with Crippen molar-refractivity contribution in [2.75, 3.05) is 11.3 Å². The Labute approximate surface area is 196 Å². The van der Waals surface area contributed by atoms with E-state index < -0.39 is 10.0 Å². The normalized spacial score (nSPS) is 11.4. The number of hydrogen-bond donors (Lipinski definition) is 1. The summed E-state index contributed by atoms with van der Waals surface area (Å²) < 4.78 is 35.4. The number of fused-ring (bicyclic) bond motifs is 1. The van der Waals surface area contributed by atoms with E-state index in [0.29, 0.717) is 35.2 Å². The molecule has 2 aromatic carbocycles. The van der Waals surface area contributed by atoms with Gasteiger partial charge in [0.1, 0.15) is 5.75 Å². The van der Waals surface area contributed by atoms with Crippen molar-refractivity contribution in [3.05, 3.63) is 85.2 Å². The Bertz CT molecular complexity index is 1550. The number of aromatic nitrogens is 5. The highest BCUT2D eigenvalue weighted by Crippen LogP contribution is 2.25. The van der Waals surface area contributed by atoms with Crippen LogP contribution in [0, 0.1) is 0 Å². The average Bonchev–Trinajstić information content (AvgIpc) is 3.28. The molecule has 0 aliphatic rings. The van der Waals surface area contributed by atoms with Crippen molar-refractivity contribution < 1.29 is 13.2 Å². The van der Waals surface area contributed by atoms with Crippen molar-refractivity contribution in [3.63, 3.8) is 0 Å². The Balaban J connectivity index is 1.45. The Morgan fingerprint density at radius 2 is 1.71 bits per heavy atom. The largest absolute Gasteiger partial charge is 0.494 e. The summed E-state index contributed by atoms with van der Waals surface area (Å²) in [7, 11) is -3.77. The summed E-state index contributed by atoms with van der Waals surface area (Å²) in [6.45, 7) is 2.38. The molecular weight excluding hydrogens is 452 g/mol. The molecule has 9 nitrogen and oxygen atoms in total. The lowest BCUT2D eigenvalue weighted by Gasteiger charge is -2.10. The maximum Gasteiger partial charge on any atom is 0.261 e. The van der Waals surface area contributed by atoms with E-state index in [0.717, 1.165) is 11.1 Å². The second-order valence-corrected chi connectivity index (χ2v) is 9.02. The summed E-state index contributed by atoms with van der Waals surface area (Å²) in [4.78, 5) is 4.18. The van der Waals surface area contributed by atoms with Gasteiger partial charge in [-0.05, 0) is 67.6 Å². The van der Waals surface area contributed by atoms with E-state index in [9.17, 15) is 8.42 Å². The molecule has 1 N–H and O–H groups in total. The molecule has 0 fully saturated rings. The van der Waals surface area contributed by atoms with Crippen molar-refractivity contribution in [1.82, 2.24) is 24.8 Å². The van der Waals surface area contributed by atoms with Crippen molar-refractivity contribution >= 4 is 21.4 Å². The zero-order valence-corrected chi connectivity index (χ0v) is 19.0. The number of rotatable bonds is 7. The molecule has 0 amide bonds. The highest BCUT2D eigenvalue weighted by molar-refractivity contribution is 7.92. The lowest BCUT2D eigenvalue weighted by molar-refractivity contribution is 0.340. The van der Waals surface area contributed by atoms with Crippen LogP contribution in [0.2, 0.25) is 0 Å². The van der Waals surface area contributed by atoms with Crippen LogP contribution in [0.1, 0.15) is 6.92 Å². The number of hydrogen-bond acceptors (Lipinski definition) is 7. The third kappa shape index (κ3) is 4.30. The van der Waals surface area contributed by atoms with Gasteiger partial charge in [-0.15, -0.1) is 10.2 Å². The minimum atomic E-state index is -3.77. The van der Waals surface area contributed by atoms with E-state index >= 15 is 0 Å². The Kier molecular flexibility index (Phi) is 5.64. The first-order valence-corrected chi connectivity index (χ1v) is 12.0. The number of anilines is 1. The number of pyridine rings is 1. The number of nitrogens with one attached hydrogen (secondary N) is 1. The first-order chi connectivity index (χ1) is 16.5. The molecule has 34 heavy (non-hydrogen) atoms. The Morgan fingerprint density at radius 3 is 2.47 bits per heavy atom. The minimum Gasteiger partial charge on any atom is -0.494 e. The molecule has 0 unspecified atom stereocenters. The first kappa shape index (κ1) is 21.5. The molecule has 3 aromatic heterocycles. The third-order valence-electron chi connectivity index (χ3n) is 5.06. The monoisotopic (exact) mass is 472 g/mol. The third-order valence-corrected chi connectivity index (χ3v) is 6.45. The molecule has 5 rings (SSSR count). The van der Waals surface area contributed by atoms with Crippen LogP contribution in [0.5, 0.6) is 5.75 Å². The van der Waals surface area contributed by atoms with Crippen LogP contribution in [0.15, 0.2) is 90.1 Å². The molecule has 0 saturated carbocycles. The number of nitrogens with zero attached hydrogens (tertiary/aromatic N) is 5. The van der Waals surface area contributed by atoms with Crippen LogP contribution < -0.4 is 9.46 Å². The van der Waals surface area contributed by atoms with Crippen LogP contribution in [0.3, 0.4) is 0 Å². The summed E-state index contributed by atoms with van der Waals surface area (Å²) in [5.74, 6) is 1.21. The molecule has 170 valence electrons. The van der Waals surface area contributed by atoms with Crippen LogP contribution in [0.4, 0.5) is 5.69 Å². The number of ether oxygens (including phenoxy) is 1.